The third-order valence-corrected chi connectivity index (χ3v) is 4.05. The fraction of sp³-hybridized carbons (Fsp3) is 0.611. The van der Waals surface area contributed by atoms with E-state index >= 15 is 0 Å². The molecular weight excluding hydrogens is 308 g/mol. The molecule has 2 atom stereocenters. The quantitative estimate of drug-likeness (QED) is 0.919. The summed E-state index contributed by atoms with van der Waals surface area (Å²) in [5, 5.41) is 0. The number of rotatable bonds is 3. The van der Waals surface area contributed by atoms with Gasteiger partial charge in [-0.05, 0) is 57.4 Å². The summed E-state index contributed by atoms with van der Waals surface area (Å²) in [7, 11) is 3.21. The zero-order valence-electron chi connectivity index (χ0n) is 15.4. The highest BCUT2D eigenvalue weighted by molar-refractivity contribution is 5.70. The van der Waals surface area contributed by atoms with Gasteiger partial charge in [-0.2, -0.15) is 0 Å². The van der Waals surface area contributed by atoms with Crippen LogP contribution < -0.4 is 15.2 Å². The van der Waals surface area contributed by atoms with Gasteiger partial charge in [0.15, 0.2) is 11.5 Å². The van der Waals surface area contributed by atoms with Crippen molar-refractivity contribution in [2.75, 3.05) is 20.8 Å². The van der Waals surface area contributed by atoms with Crippen LogP contribution in [-0.4, -0.2) is 43.4 Å². The lowest BCUT2D eigenvalue weighted by Crippen LogP contribution is -2.48. The number of hydrogen-bond acceptors (Lipinski definition) is 5. The van der Waals surface area contributed by atoms with Gasteiger partial charge < -0.3 is 19.9 Å². The van der Waals surface area contributed by atoms with E-state index in [0.29, 0.717) is 18.0 Å². The molecule has 0 spiro atoms. The Hall–Kier alpha value is -1.95. The maximum atomic E-state index is 12.6. The monoisotopic (exact) mass is 336 g/mol. The molecule has 1 aromatic carbocycles. The first-order chi connectivity index (χ1) is 11.2. The van der Waals surface area contributed by atoms with Gasteiger partial charge in [-0.3, -0.25) is 4.90 Å². The van der Waals surface area contributed by atoms with E-state index in [0.717, 1.165) is 17.5 Å². The van der Waals surface area contributed by atoms with E-state index in [1.165, 1.54) is 0 Å². The highest BCUT2D eigenvalue weighted by Crippen LogP contribution is 2.39. The van der Waals surface area contributed by atoms with E-state index in [4.69, 9.17) is 19.9 Å². The fourth-order valence-corrected chi connectivity index (χ4v) is 3.07. The molecular formula is C18H28N2O4. The molecule has 2 N–H and O–H groups in total. The molecule has 0 aromatic heterocycles. The number of benzene rings is 1. The van der Waals surface area contributed by atoms with Crippen LogP contribution in [0.4, 0.5) is 4.79 Å². The maximum absolute atomic E-state index is 12.6. The molecule has 0 bridgehead atoms. The number of nitrogens with two attached hydrogens (primary N) is 1. The van der Waals surface area contributed by atoms with Crippen molar-refractivity contribution in [2.45, 2.75) is 51.8 Å². The first kappa shape index (κ1) is 18.4. The van der Waals surface area contributed by atoms with Crippen molar-refractivity contribution in [3.63, 3.8) is 0 Å². The van der Waals surface area contributed by atoms with Gasteiger partial charge in [0.05, 0.1) is 20.3 Å². The Morgan fingerprint density at radius 1 is 1.25 bits per heavy atom. The van der Waals surface area contributed by atoms with Crippen molar-refractivity contribution in [1.29, 1.82) is 0 Å². The lowest BCUT2D eigenvalue weighted by atomic mass is 9.88. The Kier molecular flexibility index (Phi) is 5.28. The molecule has 2 rings (SSSR count). The number of hydrogen-bond donors (Lipinski definition) is 1. The second kappa shape index (κ2) is 6.89. The van der Waals surface area contributed by atoms with E-state index in [1.807, 2.05) is 39.8 Å². The van der Waals surface area contributed by atoms with Crippen LogP contribution in [0, 0.1) is 0 Å². The number of nitrogens with zero attached hydrogens (tertiary/aromatic N) is 1. The van der Waals surface area contributed by atoms with E-state index in [-0.39, 0.29) is 18.2 Å². The fourth-order valence-electron chi connectivity index (χ4n) is 3.07. The van der Waals surface area contributed by atoms with Gasteiger partial charge in [-0.1, -0.05) is 0 Å². The number of carbonyl (C=O) groups excluding carboxylic acids is 1. The first-order valence-electron chi connectivity index (χ1n) is 8.18. The van der Waals surface area contributed by atoms with Crippen LogP contribution in [-0.2, 0) is 11.2 Å². The lowest BCUT2D eigenvalue weighted by Gasteiger charge is -2.40. The van der Waals surface area contributed by atoms with Gasteiger partial charge in [0.1, 0.15) is 5.60 Å². The standard InChI is InChI=1S/C18H28N2O4/c1-11(19)16-13-10-15(23-6)14(22-5)9-12(13)7-8-20(16)17(21)24-18(2,3)4/h9-11,16H,7-8,19H2,1-6H3. The predicted octanol–water partition coefficient (Wildman–Crippen LogP) is 2.89. The third-order valence-electron chi connectivity index (χ3n) is 4.05. The van der Waals surface area contributed by atoms with Crippen LogP contribution in [0.5, 0.6) is 11.5 Å². The number of fused-ring (bicyclic) bond motifs is 1. The smallest absolute Gasteiger partial charge is 0.410 e. The molecule has 0 saturated carbocycles. The summed E-state index contributed by atoms with van der Waals surface area (Å²) in [5.41, 5.74) is 7.78. The Morgan fingerprint density at radius 2 is 1.83 bits per heavy atom. The molecule has 1 aromatic rings. The molecule has 0 radical (unpaired) electrons. The summed E-state index contributed by atoms with van der Waals surface area (Å²) in [5.74, 6) is 1.32. The number of ether oxygens (including phenoxy) is 3. The minimum Gasteiger partial charge on any atom is -0.493 e. The van der Waals surface area contributed by atoms with Crippen LogP contribution in [0.3, 0.4) is 0 Å². The molecule has 1 aliphatic rings. The summed E-state index contributed by atoms with van der Waals surface area (Å²) in [4.78, 5) is 14.3. The van der Waals surface area contributed by atoms with Gasteiger partial charge in [0.25, 0.3) is 0 Å². The van der Waals surface area contributed by atoms with Gasteiger partial charge in [0.2, 0.25) is 0 Å². The summed E-state index contributed by atoms with van der Waals surface area (Å²) in [6, 6.07) is 3.38. The molecule has 6 nitrogen and oxygen atoms in total. The molecule has 6 heteroatoms. The Morgan fingerprint density at radius 3 is 2.33 bits per heavy atom. The summed E-state index contributed by atoms with van der Waals surface area (Å²) < 4.78 is 16.3. The second-order valence-corrected chi connectivity index (χ2v) is 7.13. The Bertz CT molecular complexity index is 608. The van der Waals surface area contributed by atoms with Crippen molar-refractivity contribution in [3.8, 4) is 11.5 Å². The Labute approximate surface area is 143 Å². The minimum atomic E-state index is -0.544. The number of carbonyl (C=O) groups is 1. The zero-order chi connectivity index (χ0) is 18.1. The average Bonchev–Trinajstić information content (AvgIpc) is 2.50. The van der Waals surface area contributed by atoms with Crippen LogP contribution >= 0.6 is 0 Å². The highest BCUT2D eigenvalue weighted by atomic mass is 16.6. The van der Waals surface area contributed by atoms with Gasteiger partial charge in [-0.15, -0.1) is 0 Å². The van der Waals surface area contributed by atoms with E-state index < -0.39 is 5.60 Å². The molecule has 24 heavy (non-hydrogen) atoms. The van der Waals surface area contributed by atoms with E-state index in [2.05, 4.69) is 0 Å². The van der Waals surface area contributed by atoms with Crippen molar-refractivity contribution >= 4 is 6.09 Å². The molecule has 1 aliphatic heterocycles. The van der Waals surface area contributed by atoms with Crippen LogP contribution in [0.2, 0.25) is 0 Å². The van der Waals surface area contributed by atoms with Crippen molar-refractivity contribution in [3.05, 3.63) is 23.3 Å². The molecule has 2 unspecified atom stereocenters. The highest BCUT2D eigenvalue weighted by Gasteiger charge is 2.36. The van der Waals surface area contributed by atoms with Crippen LogP contribution in [0.25, 0.3) is 0 Å². The lowest BCUT2D eigenvalue weighted by molar-refractivity contribution is 0.0118. The van der Waals surface area contributed by atoms with Crippen molar-refractivity contribution < 1.29 is 19.0 Å². The molecule has 1 amide bonds. The molecule has 0 fully saturated rings. The average molecular weight is 336 g/mol. The van der Waals surface area contributed by atoms with Crippen LogP contribution in [0.1, 0.15) is 44.9 Å². The summed E-state index contributed by atoms with van der Waals surface area (Å²) in [6.45, 7) is 8.03. The normalized spacial score (nSPS) is 18.6. The molecule has 0 saturated heterocycles. The first-order valence-corrected chi connectivity index (χ1v) is 8.18. The van der Waals surface area contributed by atoms with Gasteiger partial charge >= 0.3 is 6.09 Å². The van der Waals surface area contributed by atoms with Gasteiger partial charge in [-0.25, -0.2) is 4.79 Å². The number of amides is 1. The van der Waals surface area contributed by atoms with Crippen molar-refractivity contribution in [2.24, 2.45) is 5.73 Å². The summed E-state index contributed by atoms with van der Waals surface area (Å²) in [6.07, 6.45) is 0.378. The SMILES string of the molecule is COc1cc2c(cc1OC)C(C(C)N)N(C(=O)OC(C)(C)C)CC2. The minimum absolute atomic E-state index is 0.241. The predicted molar refractivity (Wildman–Crippen MR) is 92.6 cm³/mol. The second-order valence-electron chi connectivity index (χ2n) is 7.13. The van der Waals surface area contributed by atoms with E-state index in [1.54, 1.807) is 19.1 Å². The molecule has 1 heterocycles. The van der Waals surface area contributed by atoms with Crippen molar-refractivity contribution in [1.82, 2.24) is 4.90 Å². The Balaban J connectivity index is 2.43. The van der Waals surface area contributed by atoms with Crippen LogP contribution in [0.15, 0.2) is 12.1 Å². The molecule has 0 aliphatic carbocycles. The largest absolute Gasteiger partial charge is 0.493 e. The topological polar surface area (TPSA) is 74.0 Å². The maximum Gasteiger partial charge on any atom is 0.410 e. The van der Waals surface area contributed by atoms with Gasteiger partial charge in [0, 0.05) is 12.6 Å². The third kappa shape index (κ3) is 3.75. The number of methoxy groups -OCH3 is 2. The molecule has 134 valence electrons. The van der Waals surface area contributed by atoms with E-state index in [9.17, 15) is 4.79 Å². The zero-order valence-corrected chi connectivity index (χ0v) is 15.4. The summed E-state index contributed by atoms with van der Waals surface area (Å²) >= 11 is 0.